The molecule has 7 heteroatoms. The Hall–Kier alpha value is -5.07. The molecule has 0 atom stereocenters. The molecule has 43 heavy (non-hydrogen) atoms. The van der Waals surface area contributed by atoms with Gasteiger partial charge in [-0.2, -0.15) is 0 Å². The van der Waals surface area contributed by atoms with Gasteiger partial charge in [-0.1, -0.05) is 96.0 Å². The van der Waals surface area contributed by atoms with Crippen LogP contribution in [0, 0.1) is 6.92 Å². The van der Waals surface area contributed by atoms with Crippen molar-refractivity contribution < 1.29 is 19.1 Å². The number of amides is 2. The number of rotatable bonds is 10. The normalized spacial score (nSPS) is 10.6. The molecule has 0 fully saturated rings. The molecule has 0 saturated carbocycles. The molecular weight excluding hydrogens is 560 g/mol. The maximum Gasteiger partial charge on any atom is 0.255 e. The van der Waals surface area contributed by atoms with Gasteiger partial charge in [-0.15, -0.1) is 0 Å². The molecule has 5 aromatic rings. The van der Waals surface area contributed by atoms with Crippen molar-refractivity contribution in [2.45, 2.75) is 20.1 Å². The van der Waals surface area contributed by atoms with Gasteiger partial charge in [0.2, 0.25) is 0 Å². The van der Waals surface area contributed by atoms with Crippen LogP contribution in [0.4, 0.5) is 5.69 Å². The van der Waals surface area contributed by atoms with E-state index in [0.29, 0.717) is 39.9 Å². The third-order valence-corrected chi connectivity index (χ3v) is 7.16. The van der Waals surface area contributed by atoms with Crippen molar-refractivity contribution in [3.8, 4) is 22.6 Å². The molecule has 2 amide bonds. The van der Waals surface area contributed by atoms with E-state index in [1.807, 2.05) is 85.8 Å². The smallest absolute Gasteiger partial charge is 0.255 e. The predicted octanol–water partition coefficient (Wildman–Crippen LogP) is 8.09. The highest BCUT2D eigenvalue weighted by molar-refractivity contribution is 6.30. The molecular formula is C36H31ClN2O4. The van der Waals surface area contributed by atoms with E-state index in [0.717, 1.165) is 27.8 Å². The van der Waals surface area contributed by atoms with Crippen LogP contribution in [0.15, 0.2) is 115 Å². The van der Waals surface area contributed by atoms with Crippen LogP contribution in [0.5, 0.6) is 11.5 Å². The van der Waals surface area contributed by atoms with Crippen molar-refractivity contribution >= 4 is 29.1 Å². The standard InChI is InChI=1S/C36H31ClN2O4/c1-24-13-17-30(26-11-7-4-8-12-26)31(19-24)36(41)38-22-28-15-14-27(20-33(28)42-2)35(40)39-32-18-16-29(37)21-34(32)43-23-25-9-5-3-6-10-25/h3-21H,22-23H2,1-2H3,(H,38,41)(H,39,40). The lowest BCUT2D eigenvalue weighted by atomic mass is 9.97. The first-order valence-electron chi connectivity index (χ1n) is 13.8. The van der Waals surface area contributed by atoms with E-state index >= 15 is 0 Å². The Labute approximate surface area is 256 Å². The van der Waals surface area contributed by atoms with Gasteiger partial charge in [0.15, 0.2) is 0 Å². The molecule has 216 valence electrons. The van der Waals surface area contributed by atoms with Crippen LogP contribution in [0.1, 0.15) is 37.4 Å². The minimum atomic E-state index is -0.340. The first-order chi connectivity index (χ1) is 20.9. The molecule has 0 bridgehead atoms. The zero-order valence-electron chi connectivity index (χ0n) is 23.9. The van der Waals surface area contributed by atoms with Gasteiger partial charge in [0.05, 0.1) is 12.8 Å². The number of aryl methyl sites for hydroxylation is 1. The summed E-state index contributed by atoms with van der Waals surface area (Å²) in [4.78, 5) is 26.5. The van der Waals surface area contributed by atoms with E-state index in [9.17, 15) is 9.59 Å². The van der Waals surface area contributed by atoms with Crippen LogP contribution >= 0.6 is 11.6 Å². The highest BCUT2D eigenvalue weighted by Gasteiger charge is 2.16. The zero-order valence-corrected chi connectivity index (χ0v) is 24.7. The quantitative estimate of drug-likeness (QED) is 0.172. The van der Waals surface area contributed by atoms with Crippen LogP contribution in [-0.4, -0.2) is 18.9 Å². The van der Waals surface area contributed by atoms with Crippen molar-refractivity contribution in [1.82, 2.24) is 5.32 Å². The van der Waals surface area contributed by atoms with E-state index in [1.54, 1.807) is 36.4 Å². The van der Waals surface area contributed by atoms with Crippen molar-refractivity contribution in [3.63, 3.8) is 0 Å². The van der Waals surface area contributed by atoms with Gasteiger partial charge in [-0.3, -0.25) is 9.59 Å². The summed E-state index contributed by atoms with van der Waals surface area (Å²) in [7, 11) is 1.53. The highest BCUT2D eigenvalue weighted by atomic mass is 35.5. The van der Waals surface area contributed by atoms with Gasteiger partial charge < -0.3 is 20.1 Å². The molecule has 0 unspecified atom stereocenters. The molecule has 0 aromatic heterocycles. The molecule has 2 N–H and O–H groups in total. The Morgan fingerprint density at radius 3 is 2.26 bits per heavy atom. The van der Waals surface area contributed by atoms with Gasteiger partial charge >= 0.3 is 0 Å². The summed E-state index contributed by atoms with van der Waals surface area (Å²) in [5.41, 5.74) is 6.02. The number of halogens is 1. The first kappa shape index (κ1) is 29.4. The van der Waals surface area contributed by atoms with Crippen molar-refractivity contribution in [3.05, 3.63) is 148 Å². The van der Waals surface area contributed by atoms with Gasteiger partial charge in [0.1, 0.15) is 18.1 Å². The summed E-state index contributed by atoms with van der Waals surface area (Å²) in [6, 6.07) is 35.6. The molecule has 0 heterocycles. The Morgan fingerprint density at radius 2 is 1.51 bits per heavy atom. The van der Waals surface area contributed by atoms with Gasteiger partial charge in [0, 0.05) is 34.3 Å². The molecule has 0 aliphatic carbocycles. The molecule has 0 saturated heterocycles. The lowest BCUT2D eigenvalue weighted by Gasteiger charge is -2.15. The van der Waals surface area contributed by atoms with E-state index in [4.69, 9.17) is 21.1 Å². The molecule has 6 nitrogen and oxygen atoms in total. The molecule has 0 aliphatic rings. The molecule has 0 spiro atoms. The zero-order chi connectivity index (χ0) is 30.2. The number of ether oxygens (including phenoxy) is 2. The summed E-state index contributed by atoms with van der Waals surface area (Å²) in [5, 5.41) is 6.42. The number of hydrogen-bond donors (Lipinski definition) is 2. The van der Waals surface area contributed by atoms with E-state index in [-0.39, 0.29) is 18.4 Å². The van der Waals surface area contributed by atoms with Gasteiger partial charge in [-0.05, 0) is 53.9 Å². The maximum atomic E-state index is 13.3. The monoisotopic (exact) mass is 590 g/mol. The van der Waals surface area contributed by atoms with E-state index in [2.05, 4.69) is 10.6 Å². The Morgan fingerprint density at radius 1 is 0.767 bits per heavy atom. The fourth-order valence-electron chi connectivity index (χ4n) is 4.67. The van der Waals surface area contributed by atoms with Crippen LogP contribution in [0.3, 0.4) is 0 Å². The number of carbonyl (C=O) groups excluding carboxylic acids is 2. The lowest BCUT2D eigenvalue weighted by Crippen LogP contribution is -2.24. The number of carbonyl (C=O) groups is 2. The van der Waals surface area contributed by atoms with Gasteiger partial charge in [-0.25, -0.2) is 0 Å². The summed E-state index contributed by atoms with van der Waals surface area (Å²) >= 11 is 6.21. The Balaban J connectivity index is 1.29. The summed E-state index contributed by atoms with van der Waals surface area (Å²) in [5.74, 6) is 0.407. The summed E-state index contributed by atoms with van der Waals surface area (Å²) in [6.45, 7) is 2.51. The lowest BCUT2D eigenvalue weighted by molar-refractivity contribution is 0.0950. The topological polar surface area (TPSA) is 76.7 Å². The first-order valence-corrected chi connectivity index (χ1v) is 14.2. The Kier molecular flexibility index (Phi) is 9.39. The summed E-state index contributed by atoms with van der Waals surface area (Å²) in [6.07, 6.45) is 0. The minimum Gasteiger partial charge on any atom is -0.496 e. The Bertz CT molecular complexity index is 1740. The van der Waals surface area contributed by atoms with Crippen LogP contribution in [-0.2, 0) is 13.2 Å². The molecule has 0 radical (unpaired) electrons. The minimum absolute atomic E-state index is 0.197. The number of benzene rings is 5. The SMILES string of the molecule is COc1cc(C(=O)Nc2ccc(Cl)cc2OCc2ccccc2)ccc1CNC(=O)c1cc(C)ccc1-c1ccccc1. The number of methoxy groups -OCH3 is 1. The highest BCUT2D eigenvalue weighted by Crippen LogP contribution is 2.30. The average Bonchev–Trinajstić information content (AvgIpc) is 3.04. The van der Waals surface area contributed by atoms with Crippen molar-refractivity contribution in [2.75, 3.05) is 12.4 Å². The van der Waals surface area contributed by atoms with Gasteiger partial charge in [0.25, 0.3) is 11.8 Å². The number of hydrogen-bond acceptors (Lipinski definition) is 4. The third-order valence-electron chi connectivity index (χ3n) is 6.92. The van der Waals surface area contributed by atoms with E-state index < -0.39 is 0 Å². The fraction of sp³-hybridized carbons (Fsp3) is 0.111. The van der Waals surface area contributed by atoms with Crippen molar-refractivity contribution in [2.24, 2.45) is 0 Å². The number of nitrogens with one attached hydrogen (secondary N) is 2. The second-order valence-corrected chi connectivity index (χ2v) is 10.4. The third kappa shape index (κ3) is 7.42. The van der Waals surface area contributed by atoms with E-state index in [1.165, 1.54) is 7.11 Å². The number of anilines is 1. The maximum absolute atomic E-state index is 13.3. The molecule has 5 rings (SSSR count). The van der Waals surface area contributed by atoms with Crippen LogP contribution in [0.2, 0.25) is 5.02 Å². The van der Waals surface area contributed by atoms with Crippen LogP contribution < -0.4 is 20.1 Å². The summed E-state index contributed by atoms with van der Waals surface area (Å²) < 4.78 is 11.6. The largest absolute Gasteiger partial charge is 0.496 e. The average molecular weight is 591 g/mol. The fourth-order valence-corrected chi connectivity index (χ4v) is 4.83. The second kappa shape index (κ2) is 13.7. The molecule has 5 aromatic carbocycles. The predicted molar refractivity (Wildman–Crippen MR) is 171 cm³/mol. The molecule has 0 aliphatic heterocycles. The van der Waals surface area contributed by atoms with Crippen molar-refractivity contribution in [1.29, 1.82) is 0 Å². The van der Waals surface area contributed by atoms with Crippen LogP contribution in [0.25, 0.3) is 11.1 Å². The second-order valence-electron chi connectivity index (χ2n) is 9.99.